The maximum absolute atomic E-state index is 13.5. The molecule has 0 saturated heterocycles. The van der Waals surface area contributed by atoms with Crippen LogP contribution in [0.1, 0.15) is 62.2 Å². The van der Waals surface area contributed by atoms with E-state index in [2.05, 4.69) is 32.2 Å². The van der Waals surface area contributed by atoms with Crippen LogP contribution in [0.3, 0.4) is 0 Å². The molecule has 0 radical (unpaired) electrons. The highest BCUT2D eigenvalue weighted by Gasteiger charge is 2.26. The molecule has 5 aromatic rings. The van der Waals surface area contributed by atoms with Gasteiger partial charge in [-0.05, 0) is 56.2 Å². The summed E-state index contributed by atoms with van der Waals surface area (Å²) in [5.41, 5.74) is 5.14. The van der Waals surface area contributed by atoms with Gasteiger partial charge in [-0.3, -0.25) is 4.79 Å². The van der Waals surface area contributed by atoms with Gasteiger partial charge in [-0.15, -0.1) is 0 Å². The van der Waals surface area contributed by atoms with Crippen LogP contribution >= 0.6 is 0 Å². The summed E-state index contributed by atoms with van der Waals surface area (Å²) >= 11 is 0. The zero-order valence-electron chi connectivity index (χ0n) is 22.1. The molecule has 2 atom stereocenters. The van der Waals surface area contributed by atoms with Gasteiger partial charge in [0.15, 0.2) is 0 Å². The Morgan fingerprint density at radius 3 is 2.76 bits per heavy atom. The predicted molar refractivity (Wildman–Crippen MR) is 149 cm³/mol. The van der Waals surface area contributed by atoms with E-state index < -0.39 is 5.92 Å². The van der Waals surface area contributed by atoms with E-state index in [9.17, 15) is 9.90 Å². The predicted octanol–water partition coefficient (Wildman–Crippen LogP) is 6.28. The number of phenols is 1. The van der Waals surface area contributed by atoms with Crippen LogP contribution in [0.5, 0.6) is 11.6 Å². The Labute approximate surface area is 221 Å². The number of H-pyrrole nitrogens is 2. The first-order valence-corrected chi connectivity index (χ1v) is 13.0. The summed E-state index contributed by atoms with van der Waals surface area (Å²) < 4.78 is 5.59. The standard InChI is InChI=1S/C30H33N5O3/c1-5-6-10-25(34-29(37)17(2)27-18(3)32-24-13-12-20(36)15-21(24)27)28-31-16-26(33-28)22-14-19-9-7-8-11-23(19)35-30(22)38-4/h7-9,11-17,25,32,36H,5-6,10H2,1-4H3,(H,31,33)(H,34,37)/t17-,25+/m1/s1. The zero-order valence-corrected chi connectivity index (χ0v) is 22.1. The molecule has 0 bridgehead atoms. The third kappa shape index (κ3) is 4.81. The monoisotopic (exact) mass is 511 g/mol. The minimum absolute atomic E-state index is 0.0960. The van der Waals surface area contributed by atoms with Crippen molar-refractivity contribution in [1.29, 1.82) is 0 Å². The number of ether oxygens (including phenoxy) is 1. The molecule has 0 saturated carbocycles. The Balaban J connectivity index is 1.44. The number of rotatable bonds is 9. The average Bonchev–Trinajstić information content (AvgIpc) is 3.53. The van der Waals surface area contributed by atoms with Crippen molar-refractivity contribution in [3.05, 3.63) is 71.8 Å². The van der Waals surface area contributed by atoms with E-state index in [1.54, 1.807) is 25.4 Å². The van der Waals surface area contributed by atoms with Gasteiger partial charge in [-0.2, -0.15) is 0 Å². The third-order valence-electron chi connectivity index (χ3n) is 7.11. The van der Waals surface area contributed by atoms with Crippen LogP contribution in [0.25, 0.3) is 33.1 Å². The molecule has 2 aromatic carbocycles. The number of pyridine rings is 1. The number of aromatic nitrogens is 4. The summed E-state index contributed by atoms with van der Waals surface area (Å²) in [6.45, 7) is 5.97. The maximum atomic E-state index is 13.5. The molecule has 8 nitrogen and oxygen atoms in total. The lowest BCUT2D eigenvalue weighted by Gasteiger charge is -2.20. The number of aromatic hydroxyl groups is 1. The highest BCUT2D eigenvalue weighted by molar-refractivity contribution is 5.93. The van der Waals surface area contributed by atoms with Gasteiger partial charge < -0.3 is 25.1 Å². The summed E-state index contributed by atoms with van der Waals surface area (Å²) in [5, 5.41) is 15.1. The Morgan fingerprint density at radius 1 is 1.16 bits per heavy atom. The number of hydrogen-bond donors (Lipinski definition) is 4. The highest BCUT2D eigenvalue weighted by atomic mass is 16.5. The van der Waals surface area contributed by atoms with Crippen molar-refractivity contribution in [3.63, 3.8) is 0 Å². The van der Waals surface area contributed by atoms with Gasteiger partial charge in [0.1, 0.15) is 11.6 Å². The molecular formula is C30H33N5O3. The number of nitrogens with one attached hydrogen (secondary N) is 3. The Hall–Kier alpha value is -4.33. The average molecular weight is 512 g/mol. The minimum atomic E-state index is -0.422. The summed E-state index contributed by atoms with van der Waals surface area (Å²) in [7, 11) is 1.61. The summed E-state index contributed by atoms with van der Waals surface area (Å²) in [4.78, 5) is 29.6. The normalized spacial score (nSPS) is 13.1. The van der Waals surface area contributed by atoms with E-state index >= 15 is 0 Å². The number of nitrogens with zero attached hydrogens (tertiary/aromatic N) is 2. The SMILES string of the molecule is CCCC[C@H](NC(=O)[C@H](C)c1c(C)[nH]c2ccc(O)cc12)c1ncc(-c2cc3ccccc3nc2OC)[nH]1. The quantitative estimate of drug-likeness (QED) is 0.186. The van der Waals surface area contributed by atoms with Crippen LogP contribution < -0.4 is 10.1 Å². The molecule has 196 valence electrons. The first-order chi connectivity index (χ1) is 18.4. The van der Waals surface area contributed by atoms with E-state index in [4.69, 9.17) is 4.74 Å². The second-order valence-corrected chi connectivity index (χ2v) is 9.74. The highest BCUT2D eigenvalue weighted by Crippen LogP contribution is 2.34. The third-order valence-corrected chi connectivity index (χ3v) is 7.11. The lowest BCUT2D eigenvalue weighted by atomic mass is 9.96. The summed E-state index contributed by atoms with van der Waals surface area (Å²) in [6.07, 6.45) is 4.46. The molecular weight excluding hydrogens is 478 g/mol. The molecule has 38 heavy (non-hydrogen) atoms. The first kappa shape index (κ1) is 25.3. The van der Waals surface area contributed by atoms with Crippen LogP contribution in [0.4, 0.5) is 0 Å². The molecule has 0 aliphatic carbocycles. The van der Waals surface area contributed by atoms with Crippen molar-refractivity contribution in [2.24, 2.45) is 0 Å². The minimum Gasteiger partial charge on any atom is -0.508 e. The van der Waals surface area contributed by atoms with Crippen molar-refractivity contribution in [3.8, 4) is 22.9 Å². The van der Waals surface area contributed by atoms with E-state index in [-0.39, 0.29) is 17.7 Å². The molecule has 3 heterocycles. The Bertz CT molecular complexity index is 1600. The van der Waals surface area contributed by atoms with Crippen molar-refractivity contribution < 1.29 is 14.6 Å². The van der Waals surface area contributed by atoms with Gasteiger partial charge in [-0.25, -0.2) is 9.97 Å². The van der Waals surface area contributed by atoms with Gasteiger partial charge >= 0.3 is 0 Å². The smallest absolute Gasteiger partial charge is 0.227 e. The number of para-hydroxylation sites is 1. The van der Waals surface area contributed by atoms with Crippen molar-refractivity contribution in [2.75, 3.05) is 7.11 Å². The number of amides is 1. The fraction of sp³-hybridized carbons (Fsp3) is 0.300. The van der Waals surface area contributed by atoms with Crippen molar-refractivity contribution in [2.45, 2.75) is 52.0 Å². The van der Waals surface area contributed by atoms with Gasteiger partial charge in [0, 0.05) is 22.0 Å². The first-order valence-electron chi connectivity index (χ1n) is 13.0. The summed E-state index contributed by atoms with van der Waals surface area (Å²) in [5.74, 6) is 0.861. The fourth-order valence-corrected chi connectivity index (χ4v) is 5.10. The van der Waals surface area contributed by atoms with E-state index in [0.29, 0.717) is 11.7 Å². The lowest BCUT2D eigenvalue weighted by molar-refractivity contribution is -0.123. The summed E-state index contributed by atoms with van der Waals surface area (Å²) in [6, 6.07) is 14.8. The molecule has 4 N–H and O–H groups in total. The molecule has 0 unspecified atom stereocenters. The molecule has 0 fully saturated rings. The number of fused-ring (bicyclic) bond motifs is 2. The molecule has 0 spiro atoms. The van der Waals surface area contributed by atoms with Crippen molar-refractivity contribution in [1.82, 2.24) is 25.3 Å². The maximum Gasteiger partial charge on any atom is 0.227 e. The second kappa shape index (κ2) is 10.6. The molecule has 5 rings (SSSR count). The largest absolute Gasteiger partial charge is 0.508 e. The van der Waals surface area contributed by atoms with Crippen LogP contribution in [0.15, 0.2) is 54.7 Å². The topological polar surface area (TPSA) is 116 Å². The van der Waals surface area contributed by atoms with Crippen LogP contribution in [0, 0.1) is 6.92 Å². The molecule has 8 heteroatoms. The number of carbonyl (C=O) groups is 1. The van der Waals surface area contributed by atoms with Gasteiger partial charge in [0.2, 0.25) is 11.8 Å². The van der Waals surface area contributed by atoms with Gasteiger partial charge in [-0.1, -0.05) is 38.0 Å². The Kier molecular flexibility index (Phi) is 7.05. The number of benzene rings is 2. The van der Waals surface area contributed by atoms with Crippen LogP contribution in [0.2, 0.25) is 0 Å². The number of methoxy groups -OCH3 is 1. The molecule has 0 aliphatic heterocycles. The van der Waals surface area contributed by atoms with Gasteiger partial charge in [0.25, 0.3) is 0 Å². The number of phenolic OH excluding ortho intramolecular Hbond substituents is 1. The number of imidazole rings is 1. The lowest BCUT2D eigenvalue weighted by Crippen LogP contribution is -2.32. The molecule has 1 amide bonds. The van der Waals surface area contributed by atoms with Crippen LogP contribution in [-0.4, -0.2) is 38.1 Å². The fourth-order valence-electron chi connectivity index (χ4n) is 5.10. The Morgan fingerprint density at radius 2 is 1.97 bits per heavy atom. The molecule has 3 aromatic heterocycles. The van der Waals surface area contributed by atoms with Gasteiger partial charge in [0.05, 0.1) is 42.0 Å². The zero-order chi connectivity index (χ0) is 26.8. The van der Waals surface area contributed by atoms with Crippen molar-refractivity contribution >= 4 is 27.7 Å². The molecule has 0 aliphatic rings. The number of hydrogen-bond acceptors (Lipinski definition) is 5. The van der Waals surface area contributed by atoms with E-state index in [1.165, 1.54) is 0 Å². The number of unbranched alkanes of at least 4 members (excludes halogenated alkanes) is 1. The van der Waals surface area contributed by atoms with E-state index in [0.717, 1.165) is 63.6 Å². The number of aryl methyl sites for hydroxylation is 1. The second-order valence-electron chi connectivity index (χ2n) is 9.74. The van der Waals surface area contributed by atoms with Crippen LogP contribution in [-0.2, 0) is 4.79 Å². The van der Waals surface area contributed by atoms with E-state index in [1.807, 2.05) is 50.2 Å². The number of aromatic amines is 2. The number of carbonyl (C=O) groups excluding carboxylic acids is 1.